The highest BCUT2D eigenvalue weighted by Gasteiger charge is 2.20. The first-order valence-corrected chi connectivity index (χ1v) is 7.29. The Morgan fingerprint density at radius 1 is 1.50 bits per heavy atom. The molecule has 1 aromatic carbocycles. The third kappa shape index (κ3) is 3.25. The Balaban J connectivity index is 2.08. The molecule has 1 unspecified atom stereocenters. The molecule has 3 nitrogen and oxygen atoms in total. The van der Waals surface area contributed by atoms with Crippen LogP contribution in [0, 0.1) is 0 Å². The third-order valence-electron chi connectivity index (χ3n) is 3.35. The molecule has 0 spiro atoms. The summed E-state index contributed by atoms with van der Waals surface area (Å²) >= 11 is 3.50. The summed E-state index contributed by atoms with van der Waals surface area (Å²) in [7, 11) is 0. The summed E-state index contributed by atoms with van der Waals surface area (Å²) in [6, 6.07) is 6.13. The van der Waals surface area contributed by atoms with Crippen molar-refractivity contribution < 1.29 is 9.84 Å². The second kappa shape index (κ2) is 6.55. The summed E-state index contributed by atoms with van der Waals surface area (Å²) in [5, 5.41) is 9.17. The third-order valence-corrected chi connectivity index (χ3v) is 4.09. The summed E-state index contributed by atoms with van der Waals surface area (Å²) in [5.74, 6) is 0. The van der Waals surface area contributed by atoms with Gasteiger partial charge in [-0.25, -0.2) is 0 Å². The predicted octanol–water partition coefficient (Wildman–Crippen LogP) is 2.95. The summed E-state index contributed by atoms with van der Waals surface area (Å²) in [6.07, 6.45) is 2.67. The van der Waals surface area contributed by atoms with Gasteiger partial charge in [-0.15, -0.1) is 0 Å². The number of hydrogen-bond donors (Lipinski definition) is 1. The van der Waals surface area contributed by atoms with Crippen LogP contribution in [-0.4, -0.2) is 30.9 Å². The molecule has 100 valence electrons. The summed E-state index contributed by atoms with van der Waals surface area (Å²) < 4.78 is 6.69. The molecule has 1 aliphatic heterocycles. The maximum Gasteiger partial charge on any atom is 0.0750 e. The van der Waals surface area contributed by atoms with Crippen molar-refractivity contribution in [1.29, 1.82) is 0 Å². The minimum Gasteiger partial charge on any atom is -0.392 e. The first kappa shape index (κ1) is 13.8. The lowest BCUT2D eigenvalue weighted by Crippen LogP contribution is -2.39. The first-order chi connectivity index (χ1) is 8.74. The van der Waals surface area contributed by atoms with Crippen molar-refractivity contribution in [3.63, 3.8) is 0 Å². The molecule has 1 aliphatic rings. The number of aliphatic hydroxyl groups is 1. The zero-order valence-corrected chi connectivity index (χ0v) is 12.3. The number of piperidine rings is 1. The van der Waals surface area contributed by atoms with Crippen LogP contribution in [-0.2, 0) is 11.3 Å². The average molecular weight is 314 g/mol. The quantitative estimate of drug-likeness (QED) is 0.927. The molecule has 1 aromatic rings. The summed E-state index contributed by atoms with van der Waals surface area (Å²) in [5.41, 5.74) is 2.13. The van der Waals surface area contributed by atoms with Crippen molar-refractivity contribution in [2.45, 2.75) is 32.5 Å². The van der Waals surface area contributed by atoms with Crippen LogP contribution in [0.15, 0.2) is 22.7 Å². The number of hydrogen-bond acceptors (Lipinski definition) is 3. The minimum atomic E-state index is 0.0719. The lowest BCUT2D eigenvalue weighted by Gasteiger charge is -2.34. The van der Waals surface area contributed by atoms with Crippen molar-refractivity contribution in [2.75, 3.05) is 24.6 Å². The predicted molar refractivity (Wildman–Crippen MR) is 76.9 cm³/mol. The fourth-order valence-electron chi connectivity index (χ4n) is 2.41. The molecule has 1 saturated heterocycles. The SMILES string of the molecule is CCOC1CCCN(c2ccc(CO)c(Br)c2)C1. The van der Waals surface area contributed by atoms with E-state index in [2.05, 4.69) is 33.0 Å². The van der Waals surface area contributed by atoms with Gasteiger partial charge in [-0.1, -0.05) is 22.0 Å². The van der Waals surface area contributed by atoms with E-state index in [1.165, 1.54) is 12.1 Å². The van der Waals surface area contributed by atoms with Crippen LogP contribution in [0.25, 0.3) is 0 Å². The number of aliphatic hydroxyl groups excluding tert-OH is 1. The topological polar surface area (TPSA) is 32.7 Å². The lowest BCUT2D eigenvalue weighted by atomic mass is 10.1. The number of anilines is 1. The highest BCUT2D eigenvalue weighted by atomic mass is 79.9. The summed E-state index contributed by atoms with van der Waals surface area (Å²) in [4.78, 5) is 2.36. The van der Waals surface area contributed by atoms with Crippen LogP contribution < -0.4 is 4.90 Å². The molecule has 0 bridgehead atoms. The Morgan fingerprint density at radius 2 is 2.33 bits per heavy atom. The van der Waals surface area contributed by atoms with Gasteiger partial charge >= 0.3 is 0 Å². The minimum absolute atomic E-state index is 0.0719. The second-order valence-electron chi connectivity index (χ2n) is 4.60. The molecule has 1 fully saturated rings. The van der Waals surface area contributed by atoms with E-state index >= 15 is 0 Å². The van der Waals surface area contributed by atoms with Crippen molar-refractivity contribution in [3.8, 4) is 0 Å². The Labute approximate surface area is 117 Å². The van der Waals surface area contributed by atoms with E-state index < -0.39 is 0 Å². The fourth-order valence-corrected chi connectivity index (χ4v) is 2.90. The van der Waals surface area contributed by atoms with Crippen molar-refractivity contribution in [3.05, 3.63) is 28.2 Å². The number of halogens is 1. The average Bonchev–Trinajstić information content (AvgIpc) is 2.39. The highest BCUT2D eigenvalue weighted by Crippen LogP contribution is 2.27. The molecule has 0 aliphatic carbocycles. The van der Waals surface area contributed by atoms with Crippen molar-refractivity contribution >= 4 is 21.6 Å². The zero-order valence-electron chi connectivity index (χ0n) is 10.7. The highest BCUT2D eigenvalue weighted by molar-refractivity contribution is 9.10. The molecule has 0 saturated carbocycles. The van der Waals surface area contributed by atoms with Gasteiger partial charge < -0.3 is 14.7 Å². The van der Waals surface area contributed by atoms with E-state index in [1.807, 2.05) is 13.0 Å². The van der Waals surface area contributed by atoms with Gasteiger partial charge in [0.1, 0.15) is 0 Å². The van der Waals surface area contributed by atoms with Crippen LogP contribution in [0.4, 0.5) is 5.69 Å². The standard InChI is InChI=1S/C14H20BrNO2/c1-2-18-13-4-3-7-16(9-13)12-6-5-11(10-17)14(15)8-12/h5-6,8,13,17H,2-4,7,9-10H2,1H3. The first-order valence-electron chi connectivity index (χ1n) is 6.50. The van der Waals surface area contributed by atoms with Crippen LogP contribution in [0.5, 0.6) is 0 Å². The van der Waals surface area contributed by atoms with Gasteiger partial charge in [0.25, 0.3) is 0 Å². The monoisotopic (exact) mass is 313 g/mol. The van der Waals surface area contributed by atoms with E-state index in [0.717, 1.165) is 36.2 Å². The normalized spacial score (nSPS) is 20.2. The Morgan fingerprint density at radius 3 is 3.00 bits per heavy atom. The molecule has 1 N–H and O–H groups in total. The number of benzene rings is 1. The molecule has 0 radical (unpaired) electrons. The molecule has 4 heteroatoms. The smallest absolute Gasteiger partial charge is 0.0750 e. The molecular formula is C14H20BrNO2. The van der Waals surface area contributed by atoms with Gasteiger partial charge in [-0.05, 0) is 37.5 Å². The van der Waals surface area contributed by atoms with E-state index in [1.54, 1.807) is 0 Å². The molecule has 0 amide bonds. The van der Waals surface area contributed by atoms with E-state index in [0.29, 0.717) is 6.10 Å². The van der Waals surface area contributed by atoms with Crippen molar-refractivity contribution in [1.82, 2.24) is 0 Å². The number of nitrogens with zero attached hydrogens (tertiary/aromatic N) is 1. The molecule has 0 aromatic heterocycles. The Bertz CT molecular complexity index is 395. The molecule has 18 heavy (non-hydrogen) atoms. The fraction of sp³-hybridized carbons (Fsp3) is 0.571. The zero-order chi connectivity index (χ0) is 13.0. The summed E-state index contributed by atoms with van der Waals surface area (Å²) in [6.45, 7) is 4.94. The molecular weight excluding hydrogens is 294 g/mol. The van der Waals surface area contributed by atoms with Crippen molar-refractivity contribution in [2.24, 2.45) is 0 Å². The van der Waals surface area contributed by atoms with E-state index in [4.69, 9.17) is 9.84 Å². The van der Waals surface area contributed by atoms with Gasteiger partial charge in [0, 0.05) is 29.9 Å². The van der Waals surface area contributed by atoms with Crippen LogP contribution in [0.1, 0.15) is 25.3 Å². The van der Waals surface area contributed by atoms with Crippen LogP contribution in [0.2, 0.25) is 0 Å². The molecule has 1 heterocycles. The van der Waals surface area contributed by atoms with E-state index in [9.17, 15) is 0 Å². The van der Waals surface area contributed by atoms with Crippen LogP contribution in [0.3, 0.4) is 0 Å². The van der Waals surface area contributed by atoms with Gasteiger partial charge in [0.05, 0.1) is 12.7 Å². The number of ether oxygens (including phenoxy) is 1. The van der Waals surface area contributed by atoms with E-state index in [-0.39, 0.29) is 6.61 Å². The van der Waals surface area contributed by atoms with Gasteiger partial charge in [-0.3, -0.25) is 0 Å². The largest absolute Gasteiger partial charge is 0.392 e. The Hall–Kier alpha value is -0.580. The van der Waals surface area contributed by atoms with Gasteiger partial charge in [0.2, 0.25) is 0 Å². The molecule has 1 atom stereocenters. The van der Waals surface area contributed by atoms with Crippen LogP contribution >= 0.6 is 15.9 Å². The second-order valence-corrected chi connectivity index (χ2v) is 5.45. The molecule has 2 rings (SSSR count). The maximum atomic E-state index is 9.17. The van der Waals surface area contributed by atoms with Gasteiger partial charge in [-0.2, -0.15) is 0 Å². The Kier molecular flexibility index (Phi) is 5.03. The van der Waals surface area contributed by atoms with Gasteiger partial charge in [0.15, 0.2) is 0 Å². The lowest BCUT2D eigenvalue weighted by molar-refractivity contribution is 0.0526. The number of rotatable bonds is 4. The maximum absolute atomic E-state index is 9.17.